The minimum Gasteiger partial charge on any atom is -0.369 e. The van der Waals surface area contributed by atoms with Gasteiger partial charge in [0.15, 0.2) is 0 Å². The normalized spacial score (nSPS) is 12.8. The van der Waals surface area contributed by atoms with Gasteiger partial charge >= 0.3 is 0 Å². The summed E-state index contributed by atoms with van der Waals surface area (Å²) in [5, 5.41) is 3.68. The highest BCUT2D eigenvalue weighted by molar-refractivity contribution is 7.99. The van der Waals surface area contributed by atoms with Crippen LogP contribution in [0.4, 0.5) is 5.82 Å². The molecule has 4 nitrogen and oxygen atoms in total. The zero-order valence-corrected chi connectivity index (χ0v) is 11.0. The van der Waals surface area contributed by atoms with E-state index in [4.69, 9.17) is 0 Å². The zero-order valence-electron chi connectivity index (χ0n) is 10.2. The van der Waals surface area contributed by atoms with E-state index in [0.717, 1.165) is 12.4 Å². The lowest BCUT2D eigenvalue weighted by Gasteiger charge is -2.11. The topological polar surface area (TPSA) is 57.8 Å². The van der Waals surface area contributed by atoms with E-state index in [-0.39, 0.29) is 11.5 Å². The summed E-state index contributed by atoms with van der Waals surface area (Å²) in [6.45, 7) is 6.96. The first-order valence-electron chi connectivity index (χ1n) is 5.41. The maximum absolute atomic E-state index is 11.4. The van der Waals surface area contributed by atoms with Crippen molar-refractivity contribution in [3.8, 4) is 0 Å². The number of aromatic amines is 1. The number of nitrogens with zero attached hydrogens (tertiary/aromatic N) is 1. The van der Waals surface area contributed by atoms with E-state index >= 15 is 0 Å². The molecule has 1 aromatic heterocycles. The van der Waals surface area contributed by atoms with Crippen molar-refractivity contribution in [1.29, 1.82) is 0 Å². The molecule has 1 rings (SSSR count). The van der Waals surface area contributed by atoms with Gasteiger partial charge in [0.2, 0.25) is 0 Å². The second kappa shape index (κ2) is 5.94. The lowest BCUT2D eigenvalue weighted by Crippen LogP contribution is -2.18. The van der Waals surface area contributed by atoms with Gasteiger partial charge in [0, 0.05) is 23.8 Å². The number of rotatable bonds is 5. The Morgan fingerprint density at radius 1 is 1.50 bits per heavy atom. The van der Waals surface area contributed by atoms with E-state index in [0.29, 0.717) is 11.1 Å². The number of thioether (sulfide) groups is 1. The summed E-state index contributed by atoms with van der Waals surface area (Å²) in [6, 6.07) is 1.50. The largest absolute Gasteiger partial charge is 0.369 e. The van der Waals surface area contributed by atoms with Crippen molar-refractivity contribution in [2.24, 2.45) is 0 Å². The molecule has 16 heavy (non-hydrogen) atoms. The maximum atomic E-state index is 11.4. The van der Waals surface area contributed by atoms with Crippen molar-refractivity contribution in [2.45, 2.75) is 31.9 Å². The molecule has 0 amide bonds. The Labute approximate surface area is 100 Å². The molecule has 1 aromatic rings. The molecule has 0 aromatic carbocycles. The molecule has 0 radical (unpaired) electrons. The summed E-state index contributed by atoms with van der Waals surface area (Å²) in [5.41, 5.74) is -0.0991. The summed E-state index contributed by atoms with van der Waals surface area (Å²) < 4.78 is 0. The molecule has 1 unspecified atom stereocenters. The van der Waals surface area contributed by atoms with Gasteiger partial charge in [0.25, 0.3) is 5.56 Å². The fraction of sp³-hybridized carbons (Fsp3) is 0.636. The molecule has 0 saturated carbocycles. The Hall–Kier alpha value is -0.970. The zero-order chi connectivity index (χ0) is 12.1. The van der Waals surface area contributed by atoms with Crippen LogP contribution in [-0.4, -0.2) is 28.0 Å². The lowest BCUT2D eigenvalue weighted by molar-refractivity contribution is 0.766. The minimum atomic E-state index is -0.0991. The Balaban J connectivity index is 2.77. The van der Waals surface area contributed by atoms with Crippen LogP contribution < -0.4 is 10.9 Å². The van der Waals surface area contributed by atoms with Gasteiger partial charge in [-0.3, -0.25) is 4.79 Å². The second-order valence-corrected chi connectivity index (χ2v) is 5.37. The monoisotopic (exact) mass is 241 g/mol. The highest BCUT2D eigenvalue weighted by Gasteiger charge is 2.05. The van der Waals surface area contributed by atoms with Crippen LogP contribution in [0.1, 0.15) is 32.5 Å². The SMILES string of the molecule is CSC(C)CNc1cc(=O)[nH]c(C(C)C)n1. The average Bonchev–Trinajstić information content (AvgIpc) is 2.25. The molecule has 1 heterocycles. The van der Waals surface area contributed by atoms with Gasteiger partial charge in [-0.2, -0.15) is 11.8 Å². The van der Waals surface area contributed by atoms with Crippen molar-refractivity contribution in [1.82, 2.24) is 9.97 Å². The van der Waals surface area contributed by atoms with Gasteiger partial charge in [-0.05, 0) is 6.26 Å². The molecule has 2 N–H and O–H groups in total. The predicted octanol–water partition coefficient (Wildman–Crippen LogP) is 2.06. The van der Waals surface area contributed by atoms with Crippen molar-refractivity contribution in [2.75, 3.05) is 18.1 Å². The van der Waals surface area contributed by atoms with Crippen LogP contribution in [-0.2, 0) is 0 Å². The molecular formula is C11H19N3OS. The smallest absolute Gasteiger partial charge is 0.252 e. The van der Waals surface area contributed by atoms with E-state index in [9.17, 15) is 4.79 Å². The van der Waals surface area contributed by atoms with Crippen molar-refractivity contribution in [3.05, 3.63) is 22.2 Å². The second-order valence-electron chi connectivity index (χ2n) is 4.10. The summed E-state index contributed by atoms with van der Waals surface area (Å²) in [5.74, 6) is 1.62. The third kappa shape index (κ3) is 3.89. The van der Waals surface area contributed by atoms with E-state index < -0.39 is 0 Å². The van der Waals surface area contributed by atoms with Gasteiger partial charge < -0.3 is 10.3 Å². The number of anilines is 1. The third-order valence-electron chi connectivity index (χ3n) is 2.28. The first-order chi connectivity index (χ1) is 7.52. The van der Waals surface area contributed by atoms with Gasteiger partial charge in [-0.25, -0.2) is 4.98 Å². The van der Waals surface area contributed by atoms with Crippen LogP contribution in [0.2, 0.25) is 0 Å². The molecule has 0 aliphatic carbocycles. The molecule has 0 aliphatic heterocycles. The van der Waals surface area contributed by atoms with Crippen molar-refractivity contribution >= 4 is 17.6 Å². The molecular weight excluding hydrogens is 222 g/mol. The van der Waals surface area contributed by atoms with Gasteiger partial charge in [-0.15, -0.1) is 0 Å². The molecule has 0 bridgehead atoms. The van der Waals surface area contributed by atoms with Crippen molar-refractivity contribution < 1.29 is 0 Å². The third-order valence-corrected chi connectivity index (χ3v) is 3.25. The molecule has 0 fully saturated rings. The summed E-state index contributed by atoms with van der Waals surface area (Å²) in [7, 11) is 0. The van der Waals surface area contributed by atoms with E-state index in [1.807, 2.05) is 13.8 Å². The van der Waals surface area contributed by atoms with Gasteiger partial charge in [-0.1, -0.05) is 20.8 Å². The number of H-pyrrole nitrogens is 1. The Bertz CT molecular complexity index is 389. The number of aromatic nitrogens is 2. The quantitative estimate of drug-likeness (QED) is 0.828. The highest BCUT2D eigenvalue weighted by Crippen LogP contribution is 2.10. The average molecular weight is 241 g/mol. The van der Waals surface area contributed by atoms with E-state index in [1.54, 1.807) is 11.8 Å². The Kier molecular flexibility index (Phi) is 4.86. The van der Waals surface area contributed by atoms with Gasteiger partial charge in [0.1, 0.15) is 11.6 Å². The fourth-order valence-electron chi connectivity index (χ4n) is 1.17. The number of nitrogens with one attached hydrogen (secondary N) is 2. The molecule has 0 aliphatic rings. The summed E-state index contributed by atoms with van der Waals surface area (Å²) >= 11 is 1.78. The van der Waals surface area contributed by atoms with Crippen LogP contribution in [0, 0.1) is 0 Å². The van der Waals surface area contributed by atoms with E-state index in [1.165, 1.54) is 6.07 Å². The molecule has 0 spiro atoms. The summed E-state index contributed by atoms with van der Waals surface area (Å²) in [4.78, 5) is 18.5. The first-order valence-corrected chi connectivity index (χ1v) is 6.69. The van der Waals surface area contributed by atoms with Crippen LogP contribution >= 0.6 is 11.8 Å². The lowest BCUT2D eigenvalue weighted by atomic mass is 10.2. The minimum absolute atomic E-state index is 0.0991. The fourth-order valence-corrected chi connectivity index (χ4v) is 1.42. The Morgan fingerprint density at radius 3 is 2.75 bits per heavy atom. The van der Waals surface area contributed by atoms with Crippen LogP contribution in [0.5, 0.6) is 0 Å². The number of hydrogen-bond donors (Lipinski definition) is 2. The highest BCUT2D eigenvalue weighted by atomic mass is 32.2. The Morgan fingerprint density at radius 2 is 2.19 bits per heavy atom. The number of hydrogen-bond acceptors (Lipinski definition) is 4. The molecule has 90 valence electrons. The van der Waals surface area contributed by atoms with Crippen LogP contribution in [0.15, 0.2) is 10.9 Å². The molecule has 0 saturated heterocycles. The van der Waals surface area contributed by atoms with Crippen LogP contribution in [0.25, 0.3) is 0 Å². The van der Waals surface area contributed by atoms with E-state index in [2.05, 4.69) is 28.5 Å². The summed E-state index contributed by atoms with van der Waals surface area (Å²) in [6.07, 6.45) is 2.07. The molecule has 5 heteroatoms. The maximum Gasteiger partial charge on any atom is 0.252 e. The first kappa shape index (κ1) is 13.1. The predicted molar refractivity (Wildman–Crippen MR) is 70.4 cm³/mol. The van der Waals surface area contributed by atoms with Crippen LogP contribution in [0.3, 0.4) is 0 Å². The molecule has 1 atom stereocenters. The standard InChI is InChI=1S/C11H19N3OS/c1-7(2)11-13-9(5-10(15)14-11)12-6-8(3)16-4/h5,7-8H,6H2,1-4H3,(H2,12,13,14,15). The van der Waals surface area contributed by atoms with Crippen molar-refractivity contribution in [3.63, 3.8) is 0 Å². The van der Waals surface area contributed by atoms with Gasteiger partial charge in [0.05, 0.1) is 0 Å².